The van der Waals surface area contributed by atoms with Crippen molar-refractivity contribution in [1.29, 1.82) is 0 Å². The van der Waals surface area contributed by atoms with Gasteiger partial charge in [-0.15, -0.1) is 0 Å². The lowest BCUT2D eigenvalue weighted by Crippen LogP contribution is -2.28. The average molecular weight is 597 g/mol. The minimum Gasteiger partial charge on any atom is -0.460 e. The van der Waals surface area contributed by atoms with Crippen LogP contribution < -0.4 is 5.32 Å². The maximum Gasteiger partial charge on any atom is 0.308 e. The van der Waals surface area contributed by atoms with Crippen molar-refractivity contribution in [2.45, 2.75) is 84.2 Å². The predicted octanol–water partition coefficient (Wildman–Crippen LogP) is 7.43. The van der Waals surface area contributed by atoms with Crippen molar-refractivity contribution >= 4 is 17.6 Å². The standard InChI is InChI=1S/C37H44N2O5/c1-25(2)34-33(36(43)38-28-19-13-8-14-20-28)32(26-15-9-6-10-16-26)35(27-17-11-7-12-18-27)39(34)22-21-29(40)23-30(41)24-31(42)44-37(3,4)5/h6-20,25,29-30,40-41H,21-24H2,1-5H3,(H,38,43)/t29-,30-/m1/s1. The molecule has 4 rings (SSSR count). The van der Waals surface area contributed by atoms with Crippen LogP contribution in [0.4, 0.5) is 5.69 Å². The fourth-order valence-corrected chi connectivity index (χ4v) is 5.57. The molecule has 0 saturated carbocycles. The maximum atomic E-state index is 14.2. The van der Waals surface area contributed by atoms with Gasteiger partial charge in [0, 0.05) is 23.5 Å². The molecule has 44 heavy (non-hydrogen) atoms. The summed E-state index contributed by atoms with van der Waals surface area (Å²) in [6, 6.07) is 29.3. The van der Waals surface area contributed by atoms with Crippen molar-refractivity contribution in [2.24, 2.45) is 0 Å². The largest absolute Gasteiger partial charge is 0.460 e. The first-order valence-electron chi connectivity index (χ1n) is 15.3. The third-order valence-corrected chi connectivity index (χ3v) is 7.27. The van der Waals surface area contributed by atoms with E-state index in [-0.39, 0.29) is 24.7 Å². The molecule has 7 heteroatoms. The smallest absolute Gasteiger partial charge is 0.308 e. The molecule has 4 aromatic rings. The third-order valence-electron chi connectivity index (χ3n) is 7.27. The molecule has 1 heterocycles. The Morgan fingerprint density at radius 2 is 1.36 bits per heavy atom. The second kappa shape index (κ2) is 14.5. The molecule has 232 valence electrons. The van der Waals surface area contributed by atoms with Crippen molar-refractivity contribution in [3.8, 4) is 22.4 Å². The highest BCUT2D eigenvalue weighted by atomic mass is 16.6. The van der Waals surface area contributed by atoms with Crippen LogP contribution in [0.1, 0.15) is 75.9 Å². The Morgan fingerprint density at radius 3 is 1.91 bits per heavy atom. The molecule has 0 aliphatic rings. The summed E-state index contributed by atoms with van der Waals surface area (Å²) in [7, 11) is 0. The first-order valence-corrected chi connectivity index (χ1v) is 15.3. The Morgan fingerprint density at radius 1 is 0.818 bits per heavy atom. The van der Waals surface area contributed by atoms with Crippen LogP contribution in [0.5, 0.6) is 0 Å². The molecule has 1 aromatic heterocycles. The zero-order valence-electron chi connectivity index (χ0n) is 26.3. The average Bonchev–Trinajstić information content (AvgIpc) is 3.32. The highest BCUT2D eigenvalue weighted by Gasteiger charge is 2.31. The van der Waals surface area contributed by atoms with Gasteiger partial charge in [-0.3, -0.25) is 9.59 Å². The predicted molar refractivity (Wildman–Crippen MR) is 175 cm³/mol. The first kappa shape index (κ1) is 32.7. The van der Waals surface area contributed by atoms with Crippen LogP contribution in [0.3, 0.4) is 0 Å². The fourth-order valence-electron chi connectivity index (χ4n) is 5.57. The number of hydrogen-bond acceptors (Lipinski definition) is 5. The number of rotatable bonds is 12. The molecule has 0 aliphatic heterocycles. The molecule has 0 bridgehead atoms. The van der Waals surface area contributed by atoms with E-state index in [1.807, 2.05) is 91.0 Å². The molecule has 0 unspecified atom stereocenters. The van der Waals surface area contributed by atoms with Gasteiger partial charge in [0.25, 0.3) is 5.91 Å². The lowest BCUT2D eigenvalue weighted by Gasteiger charge is -2.22. The SMILES string of the molecule is CC(C)c1c(C(=O)Nc2ccccc2)c(-c2ccccc2)c(-c2ccccc2)n1CC[C@@H](O)C[C@@H](O)CC(=O)OC(C)(C)C. The number of nitrogens with one attached hydrogen (secondary N) is 1. The Hall–Kier alpha value is -4.20. The summed E-state index contributed by atoms with van der Waals surface area (Å²) in [6.07, 6.45) is -1.75. The number of carbonyl (C=O) groups is 2. The van der Waals surface area contributed by atoms with Crippen molar-refractivity contribution in [3.63, 3.8) is 0 Å². The summed E-state index contributed by atoms with van der Waals surface area (Å²) in [5, 5.41) is 24.7. The first-order chi connectivity index (χ1) is 20.9. The minimum absolute atomic E-state index is 0.0265. The Labute approximate surface area is 260 Å². The molecular weight excluding hydrogens is 552 g/mol. The quantitative estimate of drug-likeness (QED) is 0.148. The van der Waals surface area contributed by atoms with Crippen LogP contribution in [0.2, 0.25) is 0 Å². The second-order valence-electron chi connectivity index (χ2n) is 12.5. The van der Waals surface area contributed by atoms with Gasteiger partial charge in [-0.05, 0) is 62.8 Å². The molecule has 0 fully saturated rings. The molecule has 0 radical (unpaired) electrons. The summed E-state index contributed by atoms with van der Waals surface area (Å²) in [5.74, 6) is -0.734. The number of ether oxygens (including phenoxy) is 1. The van der Waals surface area contributed by atoms with Crippen LogP contribution in [0.15, 0.2) is 91.0 Å². The van der Waals surface area contributed by atoms with E-state index in [0.29, 0.717) is 24.2 Å². The summed E-state index contributed by atoms with van der Waals surface area (Å²) in [5.41, 5.74) is 5.09. The lowest BCUT2D eigenvalue weighted by molar-refractivity contribution is -0.157. The van der Waals surface area contributed by atoms with Gasteiger partial charge in [0.15, 0.2) is 0 Å². The molecule has 3 aromatic carbocycles. The van der Waals surface area contributed by atoms with Crippen molar-refractivity contribution in [1.82, 2.24) is 4.57 Å². The molecule has 1 amide bonds. The number of nitrogens with zero attached hydrogens (tertiary/aromatic N) is 1. The second-order valence-corrected chi connectivity index (χ2v) is 12.5. The molecule has 2 atom stereocenters. The number of amides is 1. The Balaban J connectivity index is 1.75. The fraction of sp³-hybridized carbons (Fsp3) is 0.351. The summed E-state index contributed by atoms with van der Waals surface area (Å²) < 4.78 is 7.47. The number of hydrogen-bond donors (Lipinski definition) is 3. The monoisotopic (exact) mass is 596 g/mol. The minimum atomic E-state index is -1.03. The van der Waals surface area contributed by atoms with Gasteiger partial charge >= 0.3 is 5.97 Å². The third kappa shape index (κ3) is 8.46. The number of carbonyl (C=O) groups excluding carboxylic acids is 2. The Bertz CT molecular complexity index is 1520. The lowest BCUT2D eigenvalue weighted by atomic mass is 9.94. The molecule has 0 spiro atoms. The maximum absolute atomic E-state index is 14.2. The van der Waals surface area contributed by atoms with Gasteiger partial charge < -0.3 is 24.8 Å². The van der Waals surface area contributed by atoms with Gasteiger partial charge in [0.1, 0.15) is 5.60 Å². The number of benzene rings is 3. The number of para-hydroxylation sites is 1. The molecular formula is C37H44N2O5. The van der Waals surface area contributed by atoms with Gasteiger partial charge in [-0.1, -0.05) is 92.7 Å². The number of aliphatic hydroxyl groups excluding tert-OH is 2. The zero-order chi connectivity index (χ0) is 31.9. The van der Waals surface area contributed by atoms with Crippen LogP contribution in [0, 0.1) is 0 Å². The van der Waals surface area contributed by atoms with Crippen LogP contribution >= 0.6 is 0 Å². The van der Waals surface area contributed by atoms with Crippen molar-refractivity contribution < 1.29 is 24.5 Å². The van der Waals surface area contributed by atoms with Gasteiger partial charge in [-0.2, -0.15) is 0 Å². The van der Waals surface area contributed by atoms with Gasteiger partial charge in [0.05, 0.1) is 29.9 Å². The van der Waals surface area contributed by atoms with E-state index in [1.165, 1.54) is 0 Å². The van der Waals surface area contributed by atoms with E-state index in [0.717, 1.165) is 28.1 Å². The van der Waals surface area contributed by atoms with Crippen molar-refractivity contribution in [3.05, 3.63) is 102 Å². The van der Waals surface area contributed by atoms with Crippen LogP contribution in [-0.4, -0.2) is 44.5 Å². The highest BCUT2D eigenvalue weighted by Crippen LogP contribution is 2.42. The van der Waals surface area contributed by atoms with E-state index in [1.54, 1.807) is 20.8 Å². The summed E-state index contributed by atoms with van der Waals surface area (Å²) in [6.45, 7) is 9.86. The zero-order valence-corrected chi connectivity index (χ0v) is 26.3. The number of anilines is 1. The molecule has 7 nitrogen and oxygen atoms in total. The Kier molecular flexibility index (Phi) is 10.8. The molecule has 3 N–H and O–H groups in total. The van der Waals surface area contributed by atoms with Gasteiger partial charge in [0.2, 0.25) is 0 Å². The number of esters is 1. The van der Waals surface area contributed by atoms with Crippen LogP contribution in [0.25, 0.3) is 22.4 Å². The number of aromatic nitrogens is 1. The molecule has 0 saturated heterocycles. The van der Waals surface area contributed by atoms with E-state index < -0.39 is 23.8 Å². The van der Waals surface area contributed by atoms with E-state index in [4.69, 9.17) is 4.74 Å². The van der Waals surface area contributed by atoms with E-state index in [2.05, 4.69) is 23.7 Å². The topological polar surface area (TPSA) is 101 Å². The van der Waals surface area contributed by atoms with Crippen LogP contribution in [-0.2, 0) is 16.1 Å². The summed E-state index contributed by atoms with van der Waals surface area (Å²) in [4.78, 5) is 26.4. The van der Waals surface area contributed by atoms with E-state index in [9.17, 15) is 19.8 Å². The highest BCUT2D eigenvalue weighted by molar-refractivity contribution is 6.12. The van der Waals surface area contributed by atoms with E-state index >= 15 is 0 Å². The summed E-state index contributed by atoms with van der Waals surface area (Å²) >= 11 is 0. The van der Waals surface area contributed by atoms with Gasteiger partial charge in [-0.25, -0.2) is 0 Å². The number of aliphatic hydroxyl groups is 2. The molecule has 0 aliphatic carbocycles. The normalized spacial score (nSPS) is 13.0. The van der Waals surface area contributed by atoms with Crippen molar-refractivity contribution in [2.75, 3.05) is 5.32 Å².